The van der Waals surface area contributed by atoms with Crippen LogP contribution in [-0.2, 0) is 0 Å². The largest absolute Gasteiger partial charge is 0.308 e. The topological polar surface area (TPSA) is 12.0 Å². The van der Waals surface area contributed by atoms with E-state index < -0.39 is 0 Å². The molecule has 0 bridgehead atoms. The summed E-state index contributed by atoms with van der Waals surface area (Å²) in [4.78, 5) is 0. The molecule has 1 N–H and O–H groups in total. The first-order chi connectivity index (χ1) is 7.49. The molecule has 2 unspecified atom stereocenters. The molecule has 1 rings (SSSR count). The molecule has 0 heterocycles. The summed E-state index contributed by atoms with van der Waals surface area (Å²) in [6, 6.07) is 8.99. The average molecular weight is 240 g/mol. The smallest absolute Gasteiger partial charge is 0.0406 e. The number of nitrogens with one attached hydrogen (secondary N) is 1. The van der Waals surface area contributed by atoms with Crippen molar-refractivity contribution in [3.8, 4) is 0 Å². The highest BCUT2D eigenvalue weighted by atomic mass is 35.5. The van der Waals surface area contributed by atoms with Gasteiger partial charge >= 0.3 is 0 Å². The second-order valence-corrected chi connectivity index (χ2v) is 5.41. The maximum atomic E-state index is 5.87. The van der Waals surface area contributed by atoms with E-state index in [0.29, 0.717) is 12.1 Å². The Morgan fingerprint density at radius 3 is 2.12 bits per heavy atom. The minimum absolute atomic E-state index is 0.381. The fourth-order valence-electron chi connectivity index (χ4n) is 2.05. The van der Waals surface area contributed by atoms with Crippen LogP contribution in [0.5, 0.6) is 0 Å². The van der Waals surface area contributed by atoms with Crippen molar-refractivity contribution in [3.05, 3.63) is 34.9 Å². The van der Waals surface area contributed by atoms with E-state index in [9.17, 15) is 0 Å². The van der Waals surface area contributed by atoms with Gasteiger partial charge in [-0.15, -0.1) is 0 Å². The summed E-state index contributed by atoms with van der Waals surface area (Å²) in [6.45, 7) is 8.95. The molecule has 0 spiro atoms. The molecule has 1 aromatic rings. The van der Waals surface area contributed by atoms with E-state index in [1.165, 1.54) is 12.0 Å². The van der Waals surface area contributed by atoms with Crippen LogP contribution in [-0.4, -0.2) is 6.04 Å². The quantitative estimate of drug-likeness (QED) is 0.802. The first-order valence-corrected chi connectivity index (χ1v) is 6.38. The summed E-state index contributed by atoms with van der Waals surface area (Å²) in [5.74, 6) is 0.736. The third kappa shape index (κ3) is 4.54. The molecule has 2 atom stereocenters. The normalized spacial score (nSPS) is 15.1. The monoisotopic (exact) mass is 239 g/mol. The summed E-state index contributed by atoms with van der Waals surface area (Å²) in [5.41, 5.74) is 1.29. The Balaban J connectivity index is 2.51. The Kier molecular flexibility index (Phi) is 5.30. The van der Waals surface area contributed by atoms with Crippen LogP contribution in [0, 0.1) is 5.92 Å². The molecule has 0 radical (unpaired) electrons. The Morgan fingerprint density at radius 1 is 1.06 bits per heavy atom. The van der Waals surface area contributed by atoms with Crippen molar-refractivity contribution in [1.29, 1.82) is 0 Å². The summed E-state index contributed by atoms with van der Waals surface area (Å²) in [5, 5.41) is 4.40. The van der Waals surface area contributed by atoms with E-state index in [2.05, 4.69) is 45.1 Å². The molecule has 0 fully saturated rings. The van der Waals surface area contributed by atoms with E-state index in [1.54, 1.807) is 0 Å². The minimum atomic E-state index is 0.381. The lowest BCUT2D eigenvalue weighted by Crippen LogP contribution is -2.30. The van der Waals surface area contributed by atoms with E-state index in [0.717, 1.165) is 10.9 Å². The van der Waals surface area contributed by atoms with Crippen LogP contribution in [0.25, 0.3) is 0 Å². The van der Waals surface area contributed by atoms with E-state index in [-0.39, 0.29) is 0 Å². The molecule has 16 heavy (non-hydrogen) atoms. The Morgan fingerprint density at radius 2 is 1.62 bits per heavy atom. The lowest BCUT2D eigenvalue weighted by molar-refractivity contribution is 0.407. The highest BCUT2D eigenvalue weighted by Gasteiger charge is 2.10. The van der Waals surface area contributed by atoms with Crippen molar-refractivity contribution in [1.82, 2.24) is 5.32 Å². The molecule has 1 aromatic carbocycles. The summed E-state index contributed by atoms with van der Waals surface area (Å²) in [7, 11) is 0. The molecule has 1 nitrogen and oxygen atoms in total. The maximum Gasteiger partial charge on any atom is 0.0406 e. The molecular formula is C14H22ClN. The fourth-order valence-corrected chi connectivity index (χ4v) is 2.18. The van der Waals surface area contributed by atoms with Crippen LogP contribution in [0.3, 0.4) is 0 Å². The lowest BCUT2D eigenvalue weighted by Gasteiger charge is -2.21. The number of halogens is 1. The van der Waals surface area contributed by atoms with Gasteiger partial charge in [0.05, 0.1) is 0 Å². The first kappa shape index (κ1) is 13.5. The summed E-state index contributed by atoms with van der Waals surface area (Å²) >= 11 is 5.87. The molecule has 90 valence electrons. The van der Waals surface area contributed by atoms with E-state index in [4.69, 9.17) is 11.6 Å². The van der Waals surface area contributed by atoms with Gasteiger partial charge in [0, 0.05) is 17.1 Å². The second-order valence-electron chi connectivity index (χ2n) is 4.97. The molecule has 0 aliphatic carbocycles. The van der Waals surface area contributed by atoms with Crippen LogP contribution in [0.2, 0.25) is 5.02 Å². The SMILES string of the molecule is CC(C)CC(C)NC(C)c1ccc(Cl)cc1. The van der Waals surface area contributed by atoms with Crippen LogP contribution >= 0.6 is 11.6 Å². The van der Waals surface area contributed by atoms with Gasteiger partial charge in [0.2, 0.25) is 0 Å². The Labute approximate surface area is 104 Å². The zero-order valence-corrected chi connectivity index (χ0v) is 11.4. The van der Waals surface area contributed by atoms with Gasteiger partial charge < -0.3 is 5.32 Å². The Hall–Kier alpha value is -0.530. The van der Waals surface area contributed by atoms with Crippen LogP contribution in [0.1, 0.15) is 45.7 Å². The molecule has 2 heteroatoms. The van der Waals surface area contributed by atoms with Gasteiger partial charge in [0.1, 0.15) is 0 Å². The molecule has 0 amide bonds. The highest BCUT2D eigenvalue weighted by Crippen LogP contribution is 2.17. The van der Waals surface area contributed by atoms with Crippen molar-refractivity contribution in [3.63, 3.8) is 0 Å². The Bertz CT molecular complexity index is 305. The van der Waals surface area contributed by atoms with Gasteiger partial charge in [-0.2, -0.15) is 0 Å². The molecule has 0 saturated carbocycles. The van der Waals surface area contributed by atoms with Crippen molar-refractivity contribution in [2.45, 2.75) is 46.2 Å². The molecule has 0 aromatic heterocycles. The van der Waals surface area contributed by atoms with Crippen molar-refractivity contribution in [2.75, 3.05) is 0 Å². The van der Waals surface area contributed by atoms with Gasteiger partial charge in [-0.25, -0.2) is 0 Å². The third-order valence-corrected chi connectivity index (χ3v) is 2.98. The van der Waals surface area contributed by atoms with Crippen molar-refractivity contribution in [2.24, 2.45) is 5.92 Å². The number of hydrogen-bond acceptors (Lipinski definition) is 1. The molecular weight excluding hydrogens is 218 g/mol. The standard InChI is InChI=1S/C14H22ClN/c1-10(2)9-11(3)16-12(4)13-5-7-14(15)8-6-13/h5-8,10-12,16H,9H2,1-4H3. The third-order valence-electron chi connectivity index (χ3n) is 2.73. The zero-order chi connectivity index (χ0) is 12.1. The molecule has 0 saturated heterocycles. The van der Waals surface area contributed by atoms with Gasteiger partial charge in [0.25, 0.3) is 0 Å². The lowest BCUT2D eigenvalue weighted by atomic mass is 10.0. The second kappa shape index (κ2) is 6.27. The number of benzene rings is 1. The minimum Gasteiger partial charge on any atom is -0.308 e. The van der Waals surface area contributed by atoms with Gasteiger partial charge in [-0.05, 0) is 43.9 Å². The van der Waals surface area contributed by atoms with Crippen LogP contribution in [0.4, 0.5) is 0 Å². The van der Waals surface area contributed by atoms with Gasteiger partial charge in [0.15, 0.2) is 0 Å². The predicted molar refractivity (Wildman–Crippen MR) is 71.9 cm³/mol. The maximum absolute atomic E-state index is 5.87. The summed E-state index contributed by atoms with van der Waals surface area (Å²) in [6.07, 6.45) is 1.21. The number of hydrogen-bond donors (Lipinski definition) is 1. The van der Waals surface area contributed by atoms with Gasteiger partial charge in [-0.1, -0.05) is 37.6 Å². The van der Waals surface area contributed by atoms with Crippen LogP contribution in [0.15, 0.2) is 24.3 Å². The highest BCUT2D eigenvalue weighted by molar-refractivity contribution is 6.30. The van der Waals surface area contributed by atoms with Crippen LogP contribution < -0.4 is 5.32 Å². The predicted octanol–water partition coefficient (Wildman–Crippen LogP) is 4.43. The van der Waals surface area contributed by atoms with Gasteiger partial charge in [-0.3, -0.25) is 0 Å². The zero-order valence-electron chi connectivity index (χ0n) is 10.6. The average Bonchev–Trinajstić information content (AvgIpc) is 2.16. The first-order valence-electron chi connectivity index (χ1n) is 6.00. The molecule has 0 aliphatic heterocycles. The molecule has 0 aliphatic rings. The summed E-state index contributed by atoms with van der Waals surface area (Å²) < 4.78 is 0. The fraction of sp³-hybridized carbons (Fsp3) is 0.571. The van der Waals surface area contributed by atoms with E-state index in [1.807, 2.05) is 12.1 Å². The van der Waals surface area contributed by atoms with Crippen molar-refractivity contribution < 1.29 is 0 Å². The van der Waals surface area contributed by atoms with Crippen molar-refractivity contribution >= 4 is 11.6 Å². The van der Waals surface area contributed by atoms with E-state index >= 15 is 0 Å². The number of rotatable bonds is 5.